The Morgan fingerprint density at radius 1 is 1.23 bits per heavy atom. The van der Waals surface area contributed by atoms with E-state index in [2.05, 4.69) is 0 Å². The summed E-state index contributed by atoms with van der Waals surface area (Å²) in [4.78, 5) is 26.8. The van der Waals surface area contributed by atoms with Gasteiger partial charge in [0.25, 0.3) is 5.56 Å². The van der Waals surface area contributed by atoms with Crippen molar-refractivity contribution in [3.05, 3.63) is 56.5 Å². The molecule has 0 atom stereocenters. The van der Waals surface area contributed by atoms with E-state index in [1.807, 2.05) is 56.8 Å². The summed E-state index contributed by atoms with van der Waals surface area (Å²) in [6.07, 6.45) is 0.254. The van der Waals surface area contributed by atoms with Crippen molar-refractivity contribution in [2.45, 2.75) is 45.9 Å². The van der Waals surface area contributed by atoms with Gasteiger partial charge in [0.2, 0.25) is 0 Å². The van der Waals surface area contributed by atoms with Gasteiger partial charge in [-0.2, -0.15) is 0 Å². The molecule has 0 spiro atoms. The molecule has 0 unspecified atom stereocenters. The van der Waals surface area contributed by atoms with E-state index >= 15 is 0 Å². The molecular formula is C19H24ClN3O3. The summed E-state index contributed by atoms with van der Waals surface area (Å²) in [5.41, 5.74) is 2.02. The molecule has 0 radical (unpaired) electrons. The molecule has 1 aliphatic heterocycles. The summed E-state index contributed by atoms with van der Waals surface area (Å²) in [5, 5.41) is 0.667. The average molecular weight is 378 g/mol. The SMILES string of the molecule is Cn1c2c(c(=O)n1Cc1ccc(Cl)cc1)CN(C(=O)OC(C)(C)C)CC2. The third-order valence-electron chi connectivity index (χ3n) is 4.46. The molecule has 3 rings (SSSR count). The zero-order chi connectivity index (χ0) is 19.1. The fraction of sp³-hybridized carbons (Fsp3) is 0.474. The Labute approximate surface area is 157 Å². The van der Waals surface area contributed by atoms with E-state index < -0.39 is 5.60 Å². The van der Waals surface area contributed by atoms with Crippen molar-refractivity contribution < 1.29 is 9.53 Å². The van der Waals surface area contributed by atoms with Crippen LogP contribution in [0.25, 0.3) is 0 Å². The average Bonchev–Trinajstić information content (AvgIpc) is 2.80. The highest BCUT2D eigenvalue weighted by Crippen LogP contribution is 2.20. The number of hydrogen-bond donors (Lipinski definition) is 0. The number of nitrogens with zero attached hydrogens (tertiary/aromatic N) is 3. The Balaban J connectivity index is 1.84. The molecule has 6 nitrogen and oxygen atoms in total. The summed E-state index contributed by atoms with van der Waals surface area (Å²) in [6.45, 7) is 6.79. The first kappa shape index (κ1) is 18.6. The predicted molar refractivity (Wildman–Crippen MR) is 101 cm³/mol. The molecule has 1 amide bonds. The second-order valence-electron chi connectivity index (χ2n) is 7.59. The number of hydrogen-bond acceptors (Lipinski definition) is 3. The number of fused-ring (bicyclic) bond motifs is 1. The molecule has 2 aromatic rings. The maximum atomic E-state index is 12.9. The smallest absolute Gasteiger partial charge is 0.410 e. The van der Waals surface area contributed by atoms with Crippen molar-refractivity contribution in [2.24, 2.45) is 7.05 Å². The largest absolute Gasteiger partial charge is 0.444 e. The van der Waals surface area contributed by atoms with Crippen LogP contribution in [0.4, 0.5) is 4.79 Å². The highest BCUT2D eigenvalue weighted by atomic mass is 35.5. The number of rotatable bonds is 2. The van der Waals surface area contributed by atoms with Crippen molar-refractivity contribution >= 4 is 17.7 Å². The van der Waals surface area contributed by atoms with Gasteiger partial charge in [-0.15, -0.1) is 0 Å². The van der Waals surface area contributed by atoms with Crippen molar-refractivity contribution in [3.8, 4) is 0 Å². The van der Waals surface area contributed by atoms with Crippen molar-refractivity contribution in [1.29, 1.82) is 0 Å². The van der Waals surface area contributed by atoms with E-state index in [1.165, 1.54) is 0 Å². The summed E-state index contributed by atoms with van der Waals surface area (Å²) < 4.78 is 9.04. The third kappa shape index (κ3) is 3.80. The predicted octanol–water partition coefficient (Wildman–Crippen LogP) is 3.18. The van der Waals surface area contributed by atoms with Gasteiger partial charge in [-0.1, -0.05) is 23.7 Å². The lowest BCUT2D eigenvalue weighted by molar-refractivity contribution is 0.0222. The van der Waals surface area contributed by atoms with Gasteiger partial charge in [-0.05, 0) is 38.5 Å². The molecule has 1 aromatic carbocycles. The monoisotopic (exact) mass is 377 g/mol. The van der Waals surface area contributed by atoms with Crippen LogP contribution in [0.15, 0.2) is 29.1 Å². The third-order valence-corrected chi connectivity index (χ3v) is 4.71. The molecule has 1 aromatic heterocycles. The van der Waals surface area contributed by atoms with Gasteiger partial charge < -0.3 is 9.64 Å². The maximum absolute atomic E-state index is 12.9. The normalized spacial score (nSPS) is 14.3. The van der Waals surface area contributed by atoms with Crippen LogP contribution in [-0.2, 0) is 31.3 Å². The molecule has 140 valence electrons. The lowest BCUT2D eigenvalue weighted by Gasteiger charge is -2.29. The first-order chi connectivity index (χ1) is 12.2. The quantitative estimate of drug-likeness (QED) is 0.807. The lowest BCUT2D eigenvalue weighted by Crippen LogP contribution is -2.41. The van der Waals surface area contributed by atoms with Crippen LogP contribution >= 0.6 is 11.6 Å². The van der Waals surface area contributed by atoms with Crippen molar-refractivity contribution in [3.63, 3.8) is 0 Å². The minimum Gasteiger partial charge on any atom is -0.444 e. The van der Waals surface area contributed by atoms with Gasteiger partial charge >= 0.3 is 6.09 Å². The van der Waals surface area contributed by atoms with Crippen LogP contribution in [0.1, 0.15) is 37.6 Å². The fourth-order valence-electron chi connectivity index (χ4n) is 3.16. The van der Waals surface area contributed by atoms with Crippen LogP contribution in [0.3, 0.4) is 0 Å². The Bertz CT molecular complexity index is 875. The molecule has 7 heteroatoms. The van der Waals surface area contributed by atoms with Gasteiger partial charge in [0.05, 0.1) is 18.7 Å². The van der Waals surface area contributed by atoms with Crippen LogP contribution in [-0.4, -0.2) is 32.5 Å². The highest BCUT2D eigenvalue weighted by molar-refractivity contribution is 6.30. The van der Waals surface area contributed by atoms with Crippen LogP contribution in [0, 0.1) is 0 Å². The molecule has 0 fully saturated rings. The first-order valence-electron chi connectivity index (χ1n) is 8.65. The number of halogens is 1. The molecular weight excluding hydrogens is 354 g/mol. The summed E-state index contributed by atoms with van der Waals surface area (Å²) in [7, 11) is 1.89. The van der Waals surface area contributed by atoms with E-state index in [9.17, 15) is 9.59 Å². The summed E-state index contributed by atoms with van der Waals surface area (Å²) >= 11 is 5.93. The number of benzene rings is 1. The van der Waals surface area contributed by atoms with Crippen LogP contribution in [0.2, 0.25) is 5.02 Å². The van der Waals surface area contributed by atoms with Gasteiger partial charge in [-0.25, -0.2) is 9.48 Å². The first-order valence-corrected chi connectivity index (χ1v) is 9.03. The summed E-state index contributed by atoms with van der Waals surface area (Å²) in [5.74, 6) is 0. The van der Waals surface area contributed by atoms with E-state index in [1.54, 1.807) is 9.58 Å². The van der Waals surface area contributed by atoms with E-state index in [-0.39, 0.29) is 18.2 Å². The van der Waals surface area contributed by atoms with Gasteiger partial charge in [0.15, 0.2) is 0 Å². The highest BCUT2D eigenvalue weighted by Gasteiger charge is 2.30. The zero-order valence-electron chi connectivity index (χ0n) is 15.6. The van der Waals surface area contributed by atoms with E-state index in [4.69, 9.17) is 16.3 Å². The van der Waals surface area contributed by atoms with Gasteiger partial charge in [0.1, 0.15) is 5.60 Å². The number of carbonyl (C=O) groups excluding carboxylic acids is 1. The minimum absolute atomic E-state index is 0.0642. The molecule has 0 saturated carbocycles. The number of amides is 1. The Hall–Kier alpha value is -2.21. The van der Waals surface area contributed by atoms with E-state index in [0.717, 1.165) is 11.3 Å². The second kappa shape index (κ2) is 6.83. The van der Waals surface area contributed by atoms with Gasteiger partial charge in [-0.3, -0.25) is 9.48 Å². The molecule has 0 aliphatic carbocycles. The Morgan fingerprint density at radius 3 is 2.50 bits per heavy atom. The maximum Gasteiger partial charge on any atom is 0.410 e. The Morgan fingerprint density at radius 2 is 1.88 bits per heavy atom. The Kier molecular flexibility index (Phi) is 4.88. The number of aromatic nitrogens is 2. The van der Waals surface area contributed by atoms with Gasteiger partial charge in [0, 0.05) is 30.7 Å². The molecule has 2 heterocycles. The second-order valence-corrected chi connectivity index (χ2v) is 8.03. The minimum atomic E-state index is -0.553. The van der Waals surface area contributed by atoms with Crippen molar-refractivity contribution in [1.82, 2.24) is 14.3 Å². The lowest BCUT2D eigenvalue weighted by atomic mass is 10.1. The summed E-state index contributed by atoms with van der Waals surface area (Å²) in [6, 6.07) is 7.45. The molecule has 0 N–H and O–H groups in total. The zero-order valence-corrected chi connectivity index (χ0v) is 16.3. The van der Waals surface area contributed by atoms with Crippen molar-refractivity contribution in [2.75, 3.05) is 6.54 Å². The fourth-order valence-corrected chi connectivity index (χ4v) is 3.29. The van der Waals surface area contributed by atoms with Crippen LogP contribution in [0.5, 0.6) is 0 Å². The number of ether oxygens (including phenoxy) is 1. The number of carbonyl (C=O) groups is 1. The topological polar surface area (TPSA) is 56.5 Å². The molecule has 26 heavy (non-hydrogen) atoms. The van der Waals surface area contributed by atoms with Crippen LogP contribution < -0.4 is 5.56 Å². The molecule has 0 bridgehead atoms. The standard InChI is InChI=1S/C19H24ClN3O3/c1-19(2,3)26-18(25)22-10-9-16-15(12-22)17(24)23(21(16)4)11-13-5-7-14(20)8-6-13/h5-8H,9-12H2,1-4H3. The molecule has 1 aliphatic rings. The molecule has 0 saturated heterocycles. The van der Waals surface area contributed by atoms with E-state index in [0.29, 0.717) is 30.1 Å².